The summed E-state index contributed by atoms with van der Waals surface area (Å²) in [6.45, 7) is 0. The van der Waals surface area contributed by atoms with Gasteiger partial charge >= 0.3 is 11.9 Å². The number of guanidine groups is 2. The second-order valence-electron chi connectivity index (χ2n) is 2.74. The van der Waals surface area contributed by atoms with Gasteiger partial charge < -0.3 is 0 Å². The molecule has 0 aromatic heterocycles. The zero-order chi connectivity index (χ0) is 11.4. The average molecular weight is 276 g/mol. The van der Waals surface area contributed by atoms with Crippen LogP contribution in [0, 0.1) is 5.82 Å². The Morgan fingerprint density at radius 3 is 2.47 bits per heavy atom. The molecule has 0 aliphatic heterocycles. The van der Waals surface area contributed by atoms with Gasteiger partial charge in [-0.15, -0.1) is 0 Å². The van der Waals surface area contributed by atoms with Crippen LogP contribution in [0.2, 0.25) is 0 Å². The van der Waals surface area contributed by atoms with Crippen molar-refractivity contribution in [3.8, 4) is 0 Å². The highest BCUT2D eigenvalue weighted by Gasteiger charge is 2.04. The summed E-state index contributed by atoms with van der Waals surface area (Å²) in [5.41, 5.74) is 16.5. The van der Waals surface area contributed by atoms with E-state index < -0.39 is 0 Å². The molecule has 8 N–H and O–H groups in total. The lowest BCUT2D eigenvalue weighted by Gasteiger charge is -1.95. The Balaban J connectivity index is 3.03. The Kier molecular flexibility index (Phi) is 3.62. The van der Waals surface area contributed by atoms with Crippen molar-refractivity contribution >= 4 is 33.5 Å². The molecule has 0 saturated carbocycles. The van der Waals surface area contributed by atoms with Crippen molar-refractivity contribution in [2.75, 3.05) is 0 Å². The summed E-state index contributed by atoms with van der Waals surface area (Å²) in [7, 11) is 0. The first-order chi connectivity index (χ1) is 6.99. The van der Waals surface area contributed by atoms with Crippen molar-refractivity contribution in [3.05, 3.63) is 28.5 Å². The van der Waals surface area contributed by atoms with E-state index in [0.29, 0.717) is 10.2 Å². The molecule has 1 aromatic rings. The van der Waals surface area contributed by atoms with E-state index in [9.17, 15) is 4.39 Å². The summed E-state index contributed by atoms with van der Waals surface area (Å²) < 4.78 is 13.3. The van der Waals surface area contributed by atoms with Crippen LogP contribution in [0.15, 0.2) is 22.7 Å². The van der Waals surface area contributed by atoms with Crippen LogP contribution in [-0.2, 0) is 0 Å². The van der Waals surface area contributed by atoms with Crippen LogP contribution >= 0.6 is 15.9 Å². The molecule has 0 spiro atoms. The Morgan fingerprint density at radius 1 is 1.27 bits per heavy atom. The summed E-state index contributed by atoms with van der Waals surface area (Å²) in [5, 5.41) is 0. The average Bonchev–Trinajstić information content (AvgIpc) is 2.08. The Bertz CT molecular complexity index is 425. The molecule has 15 heavy (non-hydrogen) atoms. The maximum absolute atomic E-state index is 12.7. The van der Waals surface area contributed by atoms with Gasteiger partial charge in [-0.2, -0.15) is 4.99 Å². The van der Waals surface area contributed by atoms with E-state index in [4.69, 9.17) is 17.2 Å². The van der Waals surface area contributed by atoms with E-state index in [1.807, 2.05) is 0 Å². The Labute approximate surface area is 94.0 Å². The third-order valence-electron chi connectivity index (χ3n) is 1.48. The number of nitrogens with one attached hydrogen (secondary N) is 2. The quantitative estimate of drug-likeness (QED) is 0.278. The molecule has 0 bridgehead atoms. The second kappa shape index (κ2) is 4.74. The molecule has 0 aliphatic rings. The van der Waals surface area contributed by atoms with Crippen molar-refractivity contribution in [1.29, 1.82) is 0 Å². The first-order valence-corrected chi connectivity index (χ1v) is 4.78. The number of hydrogen-bond acceptors (Lipinski definition) is 0. The molecule has 1 rings (SSSR count). The Morgan fingerprint density at radius 2 is 1.93 bits per heavy atom. The fraction of sp³-hybridized carbons (Fsp3) is 0. The molecule has 80 valence electrons. The zero-order valence-corrected chi connectivity index (χ0v) is 9.31. The minimum atomic E-state index is -0.344. The number of rotatable bonds is 1. The standard InChI is InChI=1S/C8H9BrFN5/c9-5-3-4(10)1-2-6(5)14-8(13)15-7(11)12/h1-3H,(H6,11,12,13,14,15)/p+2. The second-order valence-corrected chi connectivity index (χ2v) is 3.60. The highest BCUT2D eigenvalue weighted by atomic mass is 79.9. The van der Waals surface area contributed by atoms with Crippen molar-refractivity contribution in [2.45, 2.75) is 0 Å². The zero-order valence-electron chi connectivity index (χ0n) is 7.72. The predicted molar refractivity (Wildman–Crippen MR) is 58.3 cm³/mol. The van der Waals surface area contributed by atoms with Crippen molar-refractivity contribution in [1.82, 2.24) is 0 Å². The normalized spacial score (nSPS) is 11.2. The first-order valence-electron chi connectivity index (χ1n) is 3.98. The van der Waals surface area contributed by atoms with Crippen LogP contribution in [0.4, 0.5) is 10.1 Å². The third-order valence-corrected chi connectivity index (χ3v) is 2.14. The minimum Gasteiger partial charge on any atom is -0.275 e. The van der Waals surface area contributed by atoms with Crippen LogP contribution in [0.25, 0.3) is 0 Å². The van der Waals surface area contributed by atoms with E-state index in [-0.39, 0.29) is 17.7 Å². The van der Waals surface area contributed by atoms with E-state index in [2.05, 4.69) is 25.9 Å². The maximum atomic E-state index is 12.7. The van der Waals surface area contributed by atoms with Gasteiger partial charge in [-0.25, -0.2) is 9.38 Å². The smallest absolute Gasteiger partial charge is 0.275 e. The molecule has 0 unspecified atom stereocenters. The molecule has 0 fully saturated rings. The molecule has 5 nitrogen and oxygen atoms in total. The summed E-state index contributed by atoms with van der Waals surface area (Å²) in [5.74, 6) is -0.218. The van der Waals surface area contributed by atoms with Crippen LogP contribution in [-0.4, -0.2) is 11.9 Å². The van der Waals surface area contributed by atoms with Gasteiger partial charge in [0.15, 0.2) is 0 Å². The van der Waals surface area contributed by atoms with Crippen LogP contribution in [0.5, 0.6) is 0 Å². The summed E-state index contributed by atoms with van der Waals surface area (Å²) in [6.07, 6.45) is 0. The fourth-order valence-corrected chi connectivity index (χ4v) is 1.37. The van der Waals surface area contributed by atoms with Crippen molar-refractivity contribution in [2.24, 2.45) is 17.2 Å². The highest BCUT2D eigenvalue weighted by molar-refractivity contribution is 9.10. The molecule has 1 aromatic carbocycles. The molecular weight excluding hydrogens is 265 g/mol. The first kappa shape index (κ1) is 11.4. The van der Waals surface area contributed by atoms with Crippen molar-refractivity contribution < 1.29 is 14.4 Å². The predicted octanol–water partition coefficient (Wildman–Crippen LogP) is -3.03. The van der Waals surface area contributed by atoms with Gasteiger partial charge in [0.25, 0.3) is 0 Å². The van der Waals surface area contributed by atoms with Gasteiger partial charge in [0.05, 0.1) is 4.47 Å². The van der Waals surface area contributed by atoms with Gasteiger partial charge in [-0.1, -0.05) is 0 Å². The van der Waals surface area contributed by atoms with Gasteiger partial charge in [0.1, 0.15) is 11.5 Å². The molecule has 7 heteroatoms. The number of nitrogens with two attached hydrogens (primary N) is 3. The SMILES string of the molecule is NC(N)=[NH+]C(N)=[NH+]c1ccc(F)cc1Br. The molecule has 0 radical (unpaired) electrons. The highest BCUT2D eigenvalue weighted by Crippen LogP contribution is 2.17. The number of benzene rings is 1. The number of halogens is 2. The molecule has 0 amide bonds. The fourth-order valence-electron chi connectivity index (χ4n) is 0.923. The lowest BCUT2D eigenvalue weighted by atomic mass is 10.3. The lowest BCUT2D eigenvalue weighted by Crippen LogP contribution is -2.96. The molecule has 0 aliphatic carbocycles. The van der Waals surface area contributed by atoms with E-state index in [1.165, 1.54) is 18.2 Å². The van der Waals surface area contributed by atoms with Gasteiger partial charge in [0.2, 0.25) is 0 Å². The maximum Gasteiger partial charge on any atom is 0.390 e. The van der Waals surface area contributed by atoms with E-state index in [1.54, 1.807) is 0 Å². The van der Waals surface area contributed by atoms with E-state index in [0.717, 1.165) is 0 Å². The molecular formula is C8H11BrFN5+2. The van der Waals surface area contributed by atoms with Gasteiger partial charge in [0, 0.05) is 0 Å². The van der Waals surface area contributed by atoms with Crippen LogP contribution in [0.3, 0.4) is 0 Å². The van der Waals surface area contributed by atoms with E-state index >= 15 is 0 Å². The monoisotopic (exact) mass is 275 g/mol. The Hall–Kier alpha value is -1.63. The molecule has 0 saturated heterocycles. The summed E-state index contributed by atoms with van der Waals surface area (Å²) in [4.78, 5) is 5.23. The van der Waals surface area contributed by atoms with Crippen molar-refractivity contribution in [3.63, 3.8) is 0 Å². The van der Waals surface area contributed by atoms with Gasteiger partial charge in [-0.05, 0) is 34.1 Å². The third kappa shape index (κ3) is 3.55. The summed E-state index contributed by atoms with van der Waals surface area (Å²) in [6, 6.07) is 4.14. The van der Waals surface area contributed by atoms with Crippen LogP contribution < -0.4 is 27.2 Å². The van der Waals surface area contributed by atoms with Gasteiger partial charge in [-0.3, -0.25) is 17.2 Å². The summed E-state index contributed by atoms with van der Waals surface area (Å²) >= 11 is 3.17. The topological polar surface area (TPSA) is 106 Å². The molecule has 0 heterocycles. The number of hydrogen-bond donors (Lipinski definition) is 5. The largest absolute Gasteiger partial charge is 0.390 e. The lowest BCUT2D eigenvalue weighted by molar-refractivity contribution is -0.459. The minimum absolute atomic E-state index is 0.0294. The van der Waals surface area contributed by atoms with Crippen LogP contribution in [0.1, 0.15) is 0 Å². The molecule has 0 atom stereocenters.